The Bertz CT molecular complexity index is 144. The van der Waals surface area contributed by atoms with E-state index in [9.17, 15) is 0 Å². The number of hydrogen-bond donors (Lipinski definition) is 0. The van der Waals surface area contributed by atoms with Crippen molar-refractivity contribution in [1.82, 2.24) is 4.90 Å². The molecule has 1 unspecified atom stereocenters. The van der Waals surface area contributed by atoms with Gasteiger partial charge in [0.25, 0.3) is 0 Å². The third kappa shape index (κ3) is 3.98. The van der Waals surface area contributed by atoms with Crippen LogP contribution < -0.4 is 0 Å². The molecular weight excluding hydrogens is 150 g/mol. The summed E-state index contributed by atoms with van der Waals surface area (Å²) in [5.74, 6) is 0. The maximum atomic E-state index is 5.20. The Morgan fingerprint density at radius 3 is 2.08 bits per heavy atom. The summed E-state index contributed by atoms with van der Waals surface area (Å²) >= 11 is 0. The second kappa shape index (κ2) is 6.68. The summed E-state index contributed by atoms with van der Waals surface area (Å²) in [6, 6.07) is 0. The Hall–Kier alpha value is -1.02. The highest BCUT2D eigenvalue weighted by Crippen LogP contribution is 2.00. The Labute approximate surface area is 74.8 Å². The number of rotatable bonds is 7. The van der Waals surface area contributed by atoms with Crippen molar-refractivity contribution in [3.05, 3.63) is 38.2 Å². The highest BCUT2D eigenvalue weighted by Gasteiger charge is 2.09. The molecule has 2 heteroatoms. The van der Waals surface area contributed by atoms with Crippen LogP contribution in [0.4, 0.5) is 0 Å². The minimum atomic E-state index is 0.0264. The average molecular weight is 167 g/mol. The lowest BCUT2D eigenvalue weighted by Crippen LogP contribution is -2.34. The van der Waals surface area contributed by atoms with Crippen molar-refractivity contribution in [2.24, 2.45) is 0 Å². The number of nitrogens with zero attached hydrogens (tertiary/aromatic N) is 1. The molecule has 0 aliphatic rings. The summed E-state index contributed by atoms with van der Waals surface area (Å²) in [5.41, 5.74) is 0. The molecule has 0 saturated heterocycles. The van der Waals surface area contributed by atoms with Crippen molar-refractivity contribution < 1.29 is 4.74 Å². The molecular formula is C10H17NO. The van der Waals surface area contributed by atoms with Gasteiger partial charge < -0.3 is 4.74 Å². The topological polar surface area (TPSA) is 12.5 Å². The van der Waals surface area contributed by atoms with Crippen molar-refractivity contribution in [1.29, 1.82) is 0 Å². The highest BCUT2D eigenvalue weighted by molar-refractivity contribution is 4.80. The van der Waals surface area contributed by atoms with Crippen LogP contribution in [0.5, 0.6) is 0 Å². The molecule has 0 spiro atoms. The van der Waals surface area contributed by atoms with Crippen LogP contribution in [0.3, 0.4) is 0 Å². The summed E-state index contributed by atoms with van der Waals surface area (Å²) < 4.78 is 5.20. The van der Waals surface area contributed by atoms with Gasteiger partial charge in [-0.2, -0.15) is 0 Å². The third-order valence-corrected chi connectivity index (χ3v) is 1.53. The minimum absolute atomic E-state index is 0.0264. The van der Waals surface area contributed by atoms with E-state index in [1.165, 1.54) is 6.26 Å². The molecule has 0 bridgehead atoms. The minimum Gasteiger partial charge on any atom is -0.484 e. The number of ether oxygens (including phenoxy) is 1. The molecule has 0 aliphatic heterocycles. The molecule has 0 rings (SSSR count). The van der Waals surface area contributed by atoms with E-state index in [0.717, 1.165) is 13.1 Å². The monoisotopic (exact) mass is 167 g/mol. The van der Waals surface area contributed by atoms with Gasteiger partial charge in [0.1, 0.15) is 6.23 Å². The first kappa shape index (κ1) is 11.0. The van der Waals surface area contributed by atoms with Crippen LogP contribution in [0, 0.1) is 0 Å². The Balaban J connectivity index is 3.96. The van der Waals surface area contributed by atoms with E-state index in [-0.39, 0.29) is 6.23 Å². The molecule has 0 heterocycles. The molecule has 12 heavy (non-hydrogen) atoms. The van der Waals surface area contributed by atoms with E-state index in [2.05, 4.69) is 24.6 Å². The van der Waals surface area contributed by atoms with Crippen molar-refractivity contribution >= 4 is 0 Å². The molecule has 0 saturated carbocycles. The SMILES string of the molecule is C=CCN(CC=C)C(C)OC=C. The lowest BCUT2D eigenvalue weighted by molar-refractivity contribution is 0.0213. The first-order chi connectivity index (χ1) is 5.76. The average Bonchev–Trinajstić information content (AvgIpc) is 2.04. The Kier molecular flexibility index (Phi) is 6.11. The Morgan fingerprint density at radius 1 is 1.25 bits per heavy atom. The largest absolute Gasteiger partial charge is 0.484 e. The van der Waals surface area contributed by atoms with Gasteiger partial charge in [-0.3, -0.25) is 4.90 Å². The molecule has 0 amide bonds. The molecule has 0 aromatic carbocycles. The van der Waals surface area contributed by atoms with E-state index >= 15 is 0 Å². The van der Waals surface area contributed by atoms with Crippen molar-refractivity contribution in [3.63, 3.8) is 0 Å². The summed E-state index contributed by atoms with van der Waals surface area (Å²) in [4.78, 5) is 2.08. The van der Waals surface area contributed by atoms with Gasteiger partial charge in [-0.1, -0.05) is 18.7 Å². The molecule has 0 N–H and O–H groups in total. The van der Waals surface area contributed by atoms with Gasteiger partial charge in [0, 0.05) is 13.1 Å². The molecule has 68 valence electrons. The predicted molar refractivity (Wildman–Crippen MR) is 52.7 cm³/mol. The van der Waals surface area contributed by atoms with Gasteiger partial charge in [0.2, 0.25) is 0 Å². The lowest BCUT2D eigenvalue weighted by Gasteiger charge is -2.25. The molecule has 0 aromatic heterocycles. The van der Waals surface area contributed by atoms with Crippen LogP contribution in [0.15, 0.2) is 38.2 Å². The lowest BCUT2D eigenvalue weighted by atomic mass is 10.4. The van der Waals surface area contributed by atoms with Crippen molar-refractivity contribution in [3.8, 4) is 0 Å². The zero-order valence-electron chi connectivity index (χ0n) is 7.70. The Morgan fingerprint density at radius 2 is 1.75 bits per heavy atom. The fourth-order valence-corrected chi connectivity index (χ4v) is 0.928. The van der Waals surface area contributed by atoms with Crippen molar-refractivity contribution in [2.75, 3.05) is 13.1 Å². The summed E-state index contributed by atoms with van der Waals surface area (Å²) in [7, 11) is 0. The molecule has 1 atom stereocenters. The van der Waals surface area contributed by atoms with Crippen LogP contribution in [0.2, 0.25) is 0 Å². The van der Waals surface area contributed by atoms with Gasteiger partial charge in [0.15, 0.2) is 0 Å². The van der Waals surface area contributed by atoms with Crippen molar-refractivity contribution in [2.45, 2.75) is 13.2 Å². The standard InChI is InChI=1S/C10H17NO/c1-5-8-11(9-6-2)10(4)12-7-3/h5-7,10H,1-3,8-9H2,4H3. The second-order valence-electron chi connectivity index (χ2n) is 2.43. The first-order valence-corrected chi connectivity index (χ1v) is 3.98. The normalized spacial score (nSPS) is 12.2. The summed E-state index contributed by atoms with van der Waals surface area (Å²) in [5, 5.41) is 0. The zero-order valence-corrected chi connectivity index (χ0v) is 7.70. The van der Waals surface area contributed by atoms with Crippen LogP contribution in [-0.2, 0) is 4.74 Å². The van der Waals surface area contributed by atoms with E-state index in [4.69, 9.17) is 4.74 Å². The maximum Gasteiger partial charge on any atom is 0.149 e. The van der Waals surface area contributed by atoms with Crippen LogP contribution in [-0.4, -0.2) is 24.2 Å². The number of hydrogen-bond acceptors (Lipinski definition) is 2. The van der Waals surface area contributed by atoms with Gasteiger partial charge in [0.05, 0.1) is 6.26 Å². The van der Waals surface area contributed by atoms with Crippen LogP contribution in [0.1, 0.15) is 6.92 Å². The summed E-state index contributed by atoms with van der Waals surface area (Å²) in [6.45, 7) is 14.4. The molecule has 0 radical (unpaired) electrons. The van der Waals surface area contributed by atoms with Gasteiger partial charge >= 0.3 is 0 Å². The fraction of sp³-hybridized carbons (Fsp3) is 0.400. The van der Waals surface area contributed by atoms with Gasteiger partial charge in [-0.05, 0) is 6.92 Å². The molecule has 0 aromatic rings. The van der Waals surface area contributed by atoms with E-state index < -0.39 is 0 Å². The predicted octanol–water partition coefficient (Wildman–Crippen LogP) is 2.17. The third-order valence-electron chi connectivity index (χ3n) is 1.53. The zero-order chi connectivity index (χ0) is 9.40. The first-order valence-electron chi connectivity index (χ1n) is 3.98. The van der Waals surface area contributed by atoms with Crippen LogP contribution >= 0.6 is 0 Å². The quantitative estimate of drug-likeness (QED) is 0.327. The molecule has 0 aliphatic carbocycles. The fourth-order valence-electron chi connectivity index (χ4n) is 0.928. The van der Waals surface area contributed by atoms with Gasteiger partial charge in [-0.15, -0.1) is 13.2 Å². The van der Waals surface area contributed by atoms with Crippen LogP contribution in [0.25, 0.3) is 0 Å². The van der Waals surface area contributed by atoms with E-state index in [1.54, 1.807) is 0 Å². The van der Waals surface area contributed by atoms with Gasteiger partial charge in [-0.25, -0.2) is 0 Å². The second-order valence-corrected chi connectivity index (χ2v) is 2.43. The molecule has 0 fully saturated rings. The molecule has 2 nitrogen and oxygen atoms in total. The smallest absolute Gasteiger partial charge is 0.149 e. The summed E-state index contributed by atoms with van der Waals surface area (Å²) in [6.07, 6.45) is 5.15. The maximum absolute atomic E-state index is 5.20. The highest BCUT2D eigenvalue weighted by atomic mass is 16.5. The van der Waals surface area contributed by atoms with E-state index in [0.29, 0.717) is 0 Å². The van der Waals surface area contributed by atoms with E-state index in [1.807, 2.05) is 19.1 Å².